The van der Waals surface area contributed by atoms with Gasteiger partial charge in [-0.15, -0.1) is 0 Å². The third kappa shape index (κ3) is 2.67. The van der Waals surface area contributed by atoms with Gasteiger partial charge in [0.15, 0.2) is 0 Å². The van der Waals surface area contributed by atoms with E-state index < -0.39 is 22.2 Å². The summed E-state index contributed by atoms with van der Waals surface area (Å²) in [7, 11) is -0.584. The van der Waals surface area contributed by atoms with E-state index in [1.165, 1.54) is 17.4 Å². The Morgan fingerprint density at radius 2 is 2.10 bits per heavy atom. The van der Waals surface area contributed by atoms with Gasteiger partial charge in [-0.3, -0.25) is 0 Å². The molecule has 0 aromatic heterocycles. The SMILES string of the molecule is COc1ccc(S(=O)(=O)N(C)[C@H]2CNC[C@@H]2O)cc1C. The fraction of sp³-hybridized carbons (Fsp3) is 0.538. The molecule has 7 heteroatoms. The third-order valence-electron chi connectivity index (χ3n) is 3.66. The van der Waals surface area contributed by atoms with Gasteiger partial charge in [-0.1, -0.05) is 0 Å². The summed E-state index contributed by atoms with van der Waals surface area (Å²) in [5.41, 5.74) is 0.757. The molecule has 0 unspecified atom stereocenters. The predicted octanol–water partition coefficient (Wildman–Crippen LogP) is -0.0432. The molecular weight excluding hydrogens is 280 g/mol. The van der Waals surface area contributed by atoms with Gasteiger partial charge in [0.1, 0.15) is 5.75 Å². The van der Waals surface area contributed by atoms with Crippen molar-refractivity contribution in [1.82, 2.24) is 9.62 Å². The lowest BCUT2D eigenvalue weighted by Crippen LogP contribution is -2.44. The first kappa shape index (κ1) is 15.2. The summed E-state index contributed by atoms with van der Waals surface area (Å²) >= 11 is 0. The molecular formula is C13H20N2O4S. The van der Waals surface area contributed by atoms with Crippen LogP contribution in [0.15, 0.2) is 23.1 Å². The van der Waals surface area contributed by atoms with E-state index in [4.69, 9.17) is 4.74 Å². The van der Waals surface area contributed by atoms with Gasteiger partial charge in [-0.05, 0) is 30.7 Å². The van der Waals surface area contributed by atoms with Crippen molar-refractivity contribution in [2.45, 2.75) is 24.0 Å². The van der Waals surface area contributed by atoms with Crippen LogP contribution in [-0.4, -0.2) is 57.2 Å². The standard InChI is InChI=1S/C13H20N2O4S/c1-9-6-10(4-5-13(9)19-3)20(17,18)15(2)11-7-14-8-12(11)16/h4-6,11-12,14,16H,7-8H2,1-3H3/t11-,12-/m0/s1. The smallest absolute Gasteiger partial charge is 0.243 e. The number of benzene rings is 1. The summed E-state index contributed by atoms with van der Waals surface area (Å²) in [6.45, 7) is 2.65. The van der Waals surface area contributed by atoms with Gasteiger partial charge in [0.05, 0.1) is 24.2 Å². The first-order valence-electron chi connectivity index (χ1n) is 6.39. The lowest BCUT2D eigenvalue weighted by molar-refractivity contribution is 0.136. The number of nitrogens with zero attached hydrogens (tertiary/aromatic N) is 1. The number of likely N-dealkylation sites (N-methyl/N-ethyl adjacent to an activating group) is 1. The van der Waals surface area contributed by atoms with Gasteiger partial charge < -0.3 is 15.2 Å². The number of rotatable bonds is 4. The first-order chi connectivity index (χ1) is 9.37. The van der Waals surface area contributed by atoms with Crippen molar-refractivity contribution in [1.29, 1.82) is 0 Å². The van der Waals surface area contributed by atoms with E-state index in [1.54, 1.807) is 26.2 Å². The molecule has 1 aromatic carbocycles. The molecule has 20 heavy (non-hydrogen) atoms. The van der Waals surface area contributed by atoms with Gasteiger partial charge in [-0.25, -0.2) is 8.42 Å². The van der Waals surface area contributed by atoms with Crippen LogP contribution in [0.2, 0.25) is 0 Å². The number of methoxy groups -OCH3 is 1. The van der Waals surface area contributed by atoms with Crippen LogP contribution < -0.4 is 10.1 Å². The van der Waals surface area contributed by atoms with Gasteiger partial charge in [0, 0.05) is 20.1 Å². The normalized spacial score (nSPS) is 23.2. The fourth-order valence-electron chi connectivity index (χ4n) is 2.38. The quantitative estimate of drug-likeness (QED) is 0.815. The molecule has 0 aliphatic carbocycles. The van der Waals surface area contributed by atoms with Crippen LogP contribution in [0.1, 0.15) is 5.56 Å². The van der Waals surface area contributed by atoms with Crippen molar-refractivity contribution in [3.8, 4) is 5.75 Å². The summed E-state index contributed by atoms with van der Waals surface area (Å²) in [6.07, 6.45) is -0.686. The maximum absolute atomic E-state index is 12.6. The van der Waals surface area contributed by atoms with Crippen LogP contribution in [0, 0.1) is 6.92 Å². The Bertz CT molecular complexity index is 588. The molecule has 2 N–H and O–H groups in total. The molecule has 2 atom stereocenters. The first-order valence-corrected chi connectivity index (χ1v) is 7.83. The van der Waals surface area contributed by atoms with E-state index in [0.29, 0.717) is 18.8 Å². The largest absolute Gasteiger partial charge is 0.496 e. The Hall–Kier alpha value is -1.15. The molecule has 0 radical (unpaired) electrons. The van der Waals surface area contributed by atoms with Crippen molar-refractivity contribution >= 4 is 10.0 Å². The number of hydrogen-bond donors (Lipinski definition) is 2. The van der Waals surface area contributed by atoms with E-state index in [9.17, 15) is 13.5 Å². The van der Waals surface area contributed by atoms with E-state index in [0.717, 1.165) is 5.56 Å². The van der Waals surface area contributed by atoms with Crippen molar-refractivity contribution in [2.24, 2.45) is 0 Å². The fourth-order valence-corrected chi connectivity index (χ4v) is 3.85. The number of aryl methyl sites for hydroxylation is 1. The highest BCUT2D eigenvalue weighted by Gasteiger charge is 2.35. The van der Waals surface area contributed by atoms with Gasteiger partial charge in [0.25, 0.3) is 0 Å². The Balaban J connectivity index is 2.32. The summed E-state index contributed by atoms with van der Waals surface area (Å²) < 4.78 is 31.5. The minimum atomic E-state index is -3.63. The van der Waals surface area contributed by atoms with Crippen LogP contribution in [0.4, 0.5) is 0 Å². The van der Waals surface area contributed by atoms with E-state index in [2.05, 4.69) is 5.32 Å². The van der Waals surface area contributed by atoms with E-state index >= 15 is 0 Å². The monoisotopic (exact) mass is 300 g/mol. The van der Waals surface area contributed by atoms with Crippen molar-refractivity contribution in [3.05, 3.63) is 23.8 Å². The van der Waals surface area contributed by atoms with Crippen LogP contribution in [0.5, 0.6) is 5.75 Å². The zero-order valence-electron chi connectivity index (χ0n) is 11.8. The number of nitrogens with one attached hydrogen (secondary N) is 1. The number of aliphatic hydroxyl groups is 1. The average molecular weight is 300 g/mol. The van der Waals surface area contributed by atoms with Crippen LogP contribution in [0.25, 0.3) is 0 Å². The highest BCUT2D eigenvalue weighted by Crippen LogP contribution is 2.25. The molecule has 1 heterocycles. The number of sulfonamides is 1. The minimum absolute atomic E-state index is 0.206. The van der Waals surface area contributed by atoms with Crippen molar-refractivity contribution in [3.63, 3.8) is 0 Å². The van der Waals surface area contributed by atoms with Crippen molar-refractivity contribution in [2.75, 3.05) is 27.2 Å². The molecule has 0 bridgehead atoms. The van der Waals surface area contributed by atoms with Crippen molar-refractivity contribution < 1.29 is 18.3 Å². The zero-order valence-corrected chi connectivity index (χ0v) is 12.6. The summed E-state index contributed by atoms with van der Waals surface area (Å²) in [5.74, 6) is 0.647. The molecule has 1 aliphatic heterocycles. The van der Waals surface area contributed by atoms with E-state index in [-0.39, 0.29) is 4.90 Å². The highest BCUT2D eigenvalue weighted by molar-refractivity contribution is 7.89. The molecule has 1 fully saturated rings. The number of aliphatic hydroxyl groups excluding tert-OH is 1. The molecule has 1 aliphatic rings. The highest BCUT2D eigenvalue weighted by atomic mass is 32.2. The summed E-state index contributed by atoms with van der Waals surface area (Å²) in [6, 6.07) is 4.30. The molecule has 1 aromatic rings. The third-order valence-corrected chi connectivity index (χ3v) is 5.54. The summed E-state index contributed by atoms with van der Waals surface area (Å²) in [5, 5.41) is 12.8. The lowest BCUT2D eigenvalue weighted by Gasteiger charge is -2.25. The predicted molar refractivity (Wildman–Crippen MR) is 75.3 cm³/mol. The molecule has 112 valence electrons. The second kappa shape index (κ2) is 5.69. The van der Waals surface area contributed by atoms with Crippen LogP contribution in [0.3, 0.4) is 0 Å². The average Bonchev–Trinajstić information content (AvgIpc) is 2.83. The number of ether oxygens (including phenoxy) is 1. The second-order valence-electron chi connectivity index (χ2n) is 4.95. The Morgan fingerprint density at radius 3 is 2.60 bits per heavy atom. The number of hydrogen-bond acceptors (Lipinski definition) is 5. The second-order valence-corrected chi connectivity index (χ2v) is 6.94. The van der Waals surface area contributed by atoms with Crippen LogP contribution in [-0.2, 0) is 10.0 Å². The molecule has 0 amide bonds. The Kier molecular flexibility index (Phi) is 4.33. The maximum Gasteiger partial charge on any atom is 0.243 e. The Labute approximate surface area is 119 Å². The molecule has 0 saturated carbocycles. The molecule has 2 rings (SSSR count). The zero-order chi connectivity index (χ0) is 14.9. The van der Waals surface area contributed by atoms with Gasteiger partial charge in [-0.2, -0.15) is 4.31 Å². The summed E-state index contributed by atoms with van der Waals surface area (Å²) in [4.78, 5) is 0.206. The van der Waals surface area contributed by atoms with Gasteiger partial charge >= 0.3 is 0 Å². The minimum Gasteiger partial charge on any atom is -0.496 e. The molecule has 1 saturated heterocycles. The molecule has 0 spiro atoms. The maximum atomic E-state index is 12.6. The van der Waals surface area contributed by atoms with Crippen LogP contribution >= 0.6 is 0 Å². The van der Waals surface area contributed by atoms with E-state index in [1.807, 2.05) is 0 Å². The topological polar surface area (TPSA) is 78.9 Å². The van der Waals surface area contributed by atoms with Gasteiger partial charge in [0.2, 0.25) is 10.0 Å². The lowest BCUT2D eigenvalue weighted by atomic mass is 10.2. The Morgan fingerprint density at radius 1 is 1.40 bits per heavy atom. The molecule has 6 nitrogen and oxygen atoms in total. The number of β-amino-alcohol motifs (C(OH)–C–C–N with tert-alkyl or cyclic N) is 1.